The Morgan fingerprint density at radius 2 is 1.96 bits per heavy atom. The van der Waals surface area contributed by atoms with Gasteiger partial charge in [-0.05, 0) is 41.2 Å². The highest BCUT2D eigenvalue weighted by Gasteiger charge is 2.34. The van der Waals surface area contributed by atoms with Crippen LogP contribution < -0.4 is 10.6 Å². The molecule has 1 fully saturated rings. The minimum atomic E-state index is -0.540. The number of hydrogen-bond acceptors (Lipinski definition) is 4. The number of aromatic amines is 1. The maximum atomic E-state index is 12.6. The lowest BCUT2D eigenvalue weighted by molar-refractivity contribution is 0.0135. The molecule has 0 aromatic carbocycles. The van der Waals surface area contributed by atoms with E-state index < -0.39 is 5.60 Å². The Bertz CT molecular complexity index is 700. The van der Waals surface area contributed by atoms with Crippen LogP contribution in [0.2, 0.25) is 10.0 Å². The molecule has 0 spiro atoms. The standard InChI is InChI=1S/C18H28Cl2N4O3/c1-10-13(19)14(20)15(22-10)16(25)23-12-6-7-24(9-11(12)8-21-5)17(26)27-18(2,3)4/h11-12,21-22H,6-9H2,1-5H3,(H,23,25). The summed E-state index contributed by atoms with van der Waals surface area (Å²) < 4.78 is 5.46. The van der Waals surface area contributed by atoms with Gasteiger partial charge in [-0.15, -0.1) is 0 Å². The number of aryl methyl sites for hydroxylation is 1. The second kappa shape index (κ2) is 8.71. The predicted molar refractivity (Wildman–Crippen MR) is 107 cm³/mol. The molecule has 1 aliphatic rings. The van der Waals surface area contributed by atoms with Gasteiger partial charge < -0.3 is 25.3 Å². The molecule has 1 aliphatic heterocycles. The zero-order valence-corrected chi connectivity index (χ0v) is 17.9. The number of nitrogens with one attached hydrogen (secondary N) is 3. The number of piperidine rings is 1. The van der Waals surface area contributed by atoms with Gasteiger partial charge in [0.25, 0.3) is 5.91 Å². The first-order valence-electron chi connectivity index (χ1n) is 9.00. The Kier molecular flexibility index (Phi) is 7.05. The molecule has 1 aromatic heterocycles. The molecule has 0 saturated carbocycles. The van der Waals surface area contributed by atoms with Gasteiger partial charge in [-0.25, -0.2) is 4.79 Å². The molecule has 0 radical (unpaired) electrons. The molecule has 2 heterocycles. The van der Waals surface area contributed by atoms with Crippen molar-refractivity contribution in [3.63, 3.8) is 0 Å². The van der Waals surface area contributed by atoms with Crippen LogP contribution in [-0.2, 0) is 4.74 Å². The van der Waals surface area contributed by atoms with E-state index in [9.17, 15) is 9.59 Å². The van der Waals surface area contributed by atoms with Gasteiger partial charge in [-0.2, -0.15) is 0 Å². The van der Waals surface area contributed by atoms with E-state index in [0.717, 1.165) is 0 Å². The van der Waals surface area contributed by atoms with Crippen LogP contribution in [0.25, 0.3) is 0 Å². The lowest BCUT2D eigenvalue weighted by Gasteiger charge is -2.39. The Labute approximate surface area is 170 Å². The van der Waals surface area contributed by atoms with Crippen LogP contribution in [0.3, 0.4) is 0 Å². The average molecular weight is 419 g/mol. The minimum absolute atomic E-state index is 0.0468. The molecule has 2 atom stereocenters. The van der Waals surface area contributed by atoms with Crippen molar-refractivity contribution in [3.8, 4) is 0 Å². The topological polar surface area (TPSA) is 86.5 Å². The zero-order chi connectivity index (χ0) is 20.4. The number of ether oxygens (including phenoxy) is 1. The van der Waals surface area contributed by atoms with Crippen LogP contribution in [0.4, 0.5) is 4.79 Å². The van der Waals surface area contributed by atoms with Crippen LogP contribution in [0, 0.1) is 12.8 Å². The SMILES string of the molecule is CNCC1CN(C(=O)OC(C)(C)C)CCC1NC(=O)c1[nH]c(C)c(Cl)c1Cl. The van der Waals surface area contributed by atoms with E-state index in [0.29, 0.717) is 36.8 Å². The van der Waals surface area contributed by atoms with Gasteiger partial charge >= 0.3 is 6.09 Å². The van der Waals surface area contributed by atoms with Crippen LogP contribution in [-0.4, -0.2) is 60.2 Å². The Balaban J connectivity index is 2.06. The first-order valence-corrected chi connectivity index (χ1v) is 9.76. The number of amides is 2. The van der Waals surface area contributed by atoms with Gasteiger partial charge in [0.2, 0.25) is 0 Å². The maximum Gasteiger partial charge on any atom is 0.410 e. The fraction of sp³-hybridized carbons (Fsp3) is 0.667. The molecule has 9 heteroatoms. The van der Waals surface area contributed by atoms with Crippen molar-refractivity contribution >= 4 is 35.2 Å². The summed E-state index contributed by atoms with van der Waals surface area (Å²) in [6.45, 7) is 8.95. The van der Waals surface area contributed by atoms with Crippen molar-refractivity contribution in [1.29, 1.82) is 0 Å². The third-order valence-electron chi connectivity index (χ3n) is 4.45. The minimum Gasteiger partial charge on any atom is -0.444 e. The molecule has 2 unspecified atom stereocenters. The monoisotopic (exact) mass is 418 g/mol. The van der Waals surface area contributed by atoms with Crippen molar-refractivity contribution in [2.24, 2.45) is 5.92 Å². The van der Waals surface area contributed by atoms with Gasteiger partial charge in [0.1, 0.15) is 11.3 Å². The molecule has 152 valence electrons. The van der Waals surface area contributed by atoms with Crippen molar-refractivity contribution in [1.82, 2.24) is 20.5 Å². The van der Waals surface area contributed by atoms with E-state index in [4.69, 9.17) is 27.9 Å². The van der Waals surface area contributed by atoms with Crippen LogP contribution in [0.5, 0.6) is 0 Å². The zero-order valence-electron chi connectivity index (χ0n) is 16.4. The summed E-state index contributed by atoms with van der Waals surface area (Å²) in [5.41, 5.74) is 0.373. The second-order valence-electron chi connectivity index (χ2n) is 7.87. The molecule has 3 N–H and O–H groups in total. The van der Waals surface area contributed by atoms with Gasteiger partial charge in [-0.1, -0.05) is 23.2 Å². The van der Waals surface area contributed by atoms with E-state index in [1.165, 1.54) is 0 Å². The van der Waals surface area contributed by atoms with Crippen LogP contribution in [0.15, 0.2) is 0 Å². The maximum absolute atomic E-state index is 12.6. The number of carbonyl (C=O) groups is 2. The Hall–Kier alpha value is -1.44. The van der Waals surface area contributed by atoms with E-state index in [2.05, 4.69) is 15.6 Å². The molecule has 2 amide bonds. The van der Waals surface area contributed by atoms with Crippen LogP contribution >= 0.6 is 23.2 Å². The van der Waals surface area contributed by atoms with Crippen molar-refractivity contribution < 1.29 is 14.3 Å². The van der Waals surface area contributed by atoms with Crippen molar-refractivity contribution in [2.45, 2.75) is 45.8 Å². The summed E-state index contributed by atoms with van der Waals surface area (Å²) in [4.78, 5) is 29.6. The lowest BCUT2D eigenvalue weighted by Crippen LogP contribution is -2.55. The molecular formula is C18H28Cl2N4O3. The number of hydrogen-bond donors (Lipinski definition) is 3. The summed E-state index contributed by atoms with van der Waals surface area (Å²) >= 11 is 12.2. The number of nitrogens with zero attached hydrogens (tertiary/aromatic N) is 1. The first-order chi connectivity index (χ1) is 12.5. The third-order valence-corrected chi connectivity index (χ3v) is 5.40. The highest BCUT2D eigenvalue weighted by Crippen LogP contribution is 2.29. The molecule has 2 rings (SSSR count). The number of rotatable bonds is 4. The molecule has 1 saturated heterocycles. The highest BCUT2D eigenvalue weighted by atomic mass is 35.5. The summed E-state index contributed by atoms with van der Waals surface area (Å²) in [7, 11) is 1.84. The molecule has 7 nitrogen and oxygen atoms in total. The predicted octanol–water partition coefficient (Wildman–Crippen LogP) is 3.20. The van der Waals surface area contributed by atoms with Gasteiger partial charge in [-0.3, -0.25) is 4.79 Å². The van der Waals surface area contributed by atoms with Gasteiger partial charge in [0.05, 0.1) is 10.0 Å². The van der Waals surface area contributed by atoms with Gasteiger partial charge in [0.15, 0.2) is 0 Å². The van der Waals surface area contributed by atoms with E-state index >= 15 is 0 Å². The Morgan fingerprint density at radius 1 is 1.30 bits per heavy atom. The average Bonchev–Trinajstić information content (AvgIpc) is 2.82. The third kappa shape index (κ3) is 5.53. The lowest BCUT2D eigenvalue weighted by atomic mass is 9.92. The number of likely N-dealkylation sites (tertiary alicyclic amines) is 1. The number of aromatic nitrogens is 1. The molecule has 0 aliphatic carbocycles. The smallest absolute Gasteiger partial charge is 0.410 e. The Morgan fingerprint density at radius 3 is 2.48 bits per heavy atom. The summed E-state index contributed by atoms with van der Waals surface area (Å²) in [5, 5.41) is 6.73. The highest BCUT2D eigenvalue weighted by molar-refractivity contribution is 6.44. The molecule has 27 heavy (non-hydrogen) atoms. The number of H-pyrrole nitrogens is 1. The quantitative estimate of drug-likeness (QED) is 0.700. The van der Waals surface area contributed by atoms with Crippen LogP contribution in [0.1, 0.15) is 43.4 Å². The summed E-state index contributed by atoms with van der Waals surface area (Å²) in [6.07, 6.45) is 0.297. The first kappa shape index (κ1) is 21.9. The normalized spacial score (nSPS) is 20.5. The van der Waals surface area contributed by atoms with E-state index in [1.54, 1.807) is 11.8 Å². The van der Waals surface area contributed by atoms with E-state index in [-0.39, 0.29) is 34.7 Å². The molecule has 0 bridgehead atoms. The largest absolute Gasteiger partial charge is 0.444 e. The molecular weight excluding hydrogens is 391 g/mol. The number of halogens is 2. The van der Waals surface area contributed by atoms with Gasteiger partial charge in [0, 0.05) is 37.3 Å². The van der Waals surface area contributed by atoms with E-state index in [1.807, 2.05) is 27.8 Å². The fourth-order valence-corrected chi connectivity index (χ4v) is 3.57. The molecule has 1 aromatic rings. The summed E-state index contributed by atoms with van der Waals surface area (Å²) in [5.74, 6) is -0.252. The van der Waals surface area contributed by atoms with Crippen molar-refractivity contribution in [2.75, 3.05) is 26.7 Å². The number of carbonyl (C=O) groups excluding carboxylic acids is 2. The second-order valence-corrected chi connectivity index (χ2v) is 8.62. The van der Waals surface area contributed by atoms with Crippen molar-refractivity contribution in [3.05, 3.63) is 21.4 Å². The fourth-order valence-electron chi connectivity index (χ4n) is 3.15. The summed E-state index contributed by atoms with van der Waals surface area (Å²) in [6, 6.07) is -0.0953.